The molecule has 8 heteroatoms. The molecule has 2 aromatic heterocycles. The highest BCUT2D eigenvalue weighted by Gasteiger charge is 2.25. The molecule has 1 saturated heterocycles. The van der Waals surface area contributed by atoms with Gasteiger partial charge in [0, 0.05) is 46.3 Å². The van der Waals surface area contributed by atoms with E-state index in [4.69, 9.17) is 0 Å². The van der Waals surface area contributed by atoms with Crippen LogP contribution in [0.15, 0.2) is 30.3 Å². The lowest BCUT2D eigenvalue weighted by atomic mass is 10.3. The van der Waals surface area contributed by atoms with Crippen molar-refractivity contribution in [2.45, 2.75) is 6.92 Å². The van der Waals surface area contributed by atoms with Crippen molar-refractivity contribution in [1.82, 2.24) is 19.9 Å². The number of para-hydroxylation sites is 1. The van der Waals surface area contributed by atoms with Gasteiger partial charge in [0.2, 0.25) is 0 Å². The standard InChI is InChI=1S/C19H22N6OS/c1-13-20-16(23(2)3)12-17(21-13)24-8-10-25(11-9-24)19(26)18-22-14-6-4-5-7-15(14)27-18/h4-7,12H,8-11H2,1-3H3. The molecule has 0 spiro atoms. The Kier molecular flexibility index (Phi) is 4.65. The molecule has 0 N–H and O–H groups in total. The number of carbonyl (C=O) groups excluding carboxylic acids is 1. The van der Waals surface area contributed by atoms with Crippen molar-refractivity contribution in [2.24, 2.45) is 0 Å². The van der Waals surface area contributed by atoms with E-state index in [0.29, 0.717) is 18.1 Å². The van der Waals surface area contributed by atoms with Crippen LogP contribution < -0.4 is 9.80 Å². The number of nitrogens with zero attached hydrogens (tertiary/aromatic N) is 6. The maximum atomic E-state index is 12.8. The molecule has 0 bridgehead atoms. The number of hydrogen-bond donors (Lipinski definition) is 0. The fourth-order valence-corrected chi connectivity index (χ4v) is 4.10. The number of rotatable bonds is 3. The summed E-state index contributed by atoms with van der Waals surface area (Å²) in [6.45, 7) is 4.73. The first kappa shape index (κ1) is 17.7. The van der Waals surface area contributed by atoms with E-state index < -0.39 is 0 Å². The van der Waals surface area contributed by atoms with Gasteiger partial charge >= 0.3 is 0 Å². The van der Waals surface area contributed by atoms with Crippen molar-refractivity contribution in [3.05, 3.63) is 41.2 Å². The number of thiazole rings is 1. The van der Waals surface area contributed by atoms with Gasteiger partial charge < -0.3 is 14.7 Å². The summed E-state index contributed by atoms with van der Waals surface area (Å²) in [4.78, 5) is 32.4. The van der Waals surface area contributed by atoms with Gasteiger partial charge in [-0.05, 0) is 19.1 Å². The number of aromatic nitrogens is 3. The van der Waals surface area contributed by atoms with Crippen LogP contribution in [0.2, 0.25) is 0 Å². The largest absolute Gasteiger partial charge is 0.363 e. The molecule has 3 heterocycles. The molecule has 0 saturated carbocycles. The topological polar surface area (TPSA) is 65.5 Å². The SMILES string of the molecule is Cc1nc(N(C)C)cc(N2CCN(C(=O)c3nc4ccccc4s3)CC2)n1. The smallest absolute Gasteiger partial charge is 0.282 e. The van der Waals surface area contributed by atoms with Gasteiger partial charge in [0.15, 0.2) is 5.01 Å². The summed E-state index contributed by atoms with van der Waals surface area (Å²) >= 11 is 1.46. The number of piperazine rings is 1. The Balaban J connectivity index is 1.46. The third kappa shape index (κ3) is 3.57. The normalized spacial score (nSPS) is 14.6. The molecule has 1 aliphatic rings. The van der Waals surface area contributed by atoms with Gasteiger partial charge in [-0.15, -0.1) is 11.3 Å². The lowest BCUT2D eigenvalue weighted by Gasteiger charge is -2.35. The number of amides is 1. The second-order valence-corrected chi connectivity index (χ2v) is 7.82. The van der Waals surface area contributed by atoms with E-state index >= 15 is 0 Å². The van der Waals surface area contributed by atoms with Crippen molar-refractivity contribution < 1.29 is 4.79 Å². The van der Waals surface area contributed by atoms with Crippen LogP contribution in [0.1, 0.15) is 15.6 Å². The Morgan fingerprint density at radius 1 is 1.07 bits per heavy atom. The van der Waals surface area contributed by atoms with Crippen LogP contribution in [0, 0.1) is 6.92 Å². The first-order chi connectivity index (χ1) is 13.0. The van der Waals surface area contributed by atoms with Crippen molar-refractivity contribution in [2.75, 3.05) is 50.1 Å². The molecule has 1 aromatic carbocycles. The second kappa shape index (κ2) is 7.11. The summed E-state index contributed by atoms with van der Waals surface area (Å²) in [7, 11) is 3.94. The second-order valence-electron chi connectivity index (χ2n) is 6.79. The Bertz CT molecular complexity index is 944. The van der Waals surface area contributed by atoms with E-state index in [1.807, 2.05) is 61.2 Å². The molecular weight excluding hydrogens is 360 g/mol. The molecule has 140 valence electrons. The van der Waals surface area contributed by atoms with Crippen LogP contribution >= 0.6 is 11.3 Å². The van der Waals surface area contributed by atoms with Crippen molar-refractivity contribution in [1.29, 1.82) is 0 Å². The average molecular weight is 382 g/mol. The summed E-state index contributed by atoms with van der Waals surface area (Å²) in [5.41, 5.74) is 0.886. The number of hydrogen-bond acceptors (Lipinski definition) is 7. The fourth-order valence-electron chi connectivity index (χ4n) is 3.17. The highest BCUT2D eigenvalue weighted by Crippen LogP contribution is 2.24. The van der Waals surface area contributed by atoms with Crippen LogP contribution in [-0.4, -0.2) is 66.0 Å². The summed E-state index contributed by atoms with van der Waals surface area (Å²) in [6.07, 6.45) is 0. The molecule has 4 rings (SSSR count). The van der Waals surface area contributed by atoms with Crippen LogP contribution in [0.3, 0.4) is 0 Å². The van der Waals surface area contributed by atoms with E-state index in [-0.39, 0.29) is 5.91 Å². The van der Waals surface area contributed by atoms with Crippen molar-refractivity contribution in [3.63, 3.8) is 0 Å². The van der Waals surface area contributed by atoms with Gasteiger partial charge in [-0.25, -0.2) is 15.0 Å². The number of benzene rings is 1. The van der Waals surface area contributed by atoms with Crippen molar-refractivity contribution >= 4 is 39.1 Å². The molecule has 0 unspecified atom stereocenters. The van der Waals surface area contributed by atoms with Crippen LogP contribution in [0.5, 0.6) is 0 Å². The van der Waals surface area contributed by atoms with E-state index in [9.17, 15) is 4.79 Å². The van der Waals surface area contributed by atoms with Gasteiger partial charge in [0.05, 0.1) is 10.2 Å². The lowest BCUT2D eigenvalue weighted by Crippen LogP contribution is -2.49. The minimum absolute atomic E-state index is 0.0173. The van der Waals surface area contributed by atoms with Crippen LogP contribution in [-0.2, 0) is 0 Å². The first-order valence-electron chi connectivity index (χ1n) is 8.94. The number of carbonyl (C=O) groups is 1. The molecule has 1 aliphatic heterocycles. The van der Waals surface area contributed by atoms with E-state index in [1.165, 1.54) is 11.3 Å². The maximum absolute atomic E-state index is 12.8. The molecule has 27 heavy (non-hydrogen) atoms. The number of fused-ring (bicyclic) bond motifs is 1. The Morgan fingerprint density at radius 2 is 1.81 bits per heavy atom. The molecule has 1 fully saturated rings. The summed E-state index contributed by atoms with van der Waals surface area (Å²) in [6, 6.07) is 9.86. The maximum Gasteiger partial charge on any atom is 0.282 e. The van der Waals surface area contributed by atoms with Crippen LogP contribution in [0.4, 0.5) is 11.6 Å². The molecule has 3 aromatic rings. The predicted octanol–water partition coefficient (Wildman–Crippen LogP) is 2.42. The third-order valence-electron chi connectivity index (χ3n) is 4.64. The first-order valence-corrected chi connectivity index (χ1v) is 9.76. The monoisotopic (exact) mass is 382 g/mol. The van der Waals surface area contributed by atoms with Gasteiger partial charge in [0.1, 0.15) is 17.5 Å². The van der Waals surface area contributed by atoms with Gasteiger partial charge in [-0.1, -0.05) is 12.1 Å². The molecule has 0 atom stereocenters. The van der Waals surface area contributed by atoms with Crippen LogP contribution in [0.25, 0.3) is 10.2 Å². The third-order valence-corrected chi connectivity index (χ3v) is 5.66. The van der Waals surface area contributed by atoms with Gasteiger partial charge in [0.25, 0.3) is 5.91 Å². The number of aryl methyl sites for hydroxylation is 1. The quantitative estimate of drug-likeness (QED) is 0.693. The Morgan fingerprint density at radius 3 is 2.52 bits per heavy atom. The van der Waals surface area contributed by atoms with Gasteiger partial charge in [-0.3, -0.25) is 4.79 Å². The summed E-state index contributed by atoms with van der Waals surface area (Å²) in [5.74, 6) is 2.58. The highest BCUT2D eigenvalue weighted by molar-refractivity contribution is 7.20. The van der Waals surface area contributed by atoms with E-state index in [2.05, 4.69) is 19.9 Å². The zero-order valence-electron chi connectivity index (χ0n) is 15.7. The van der Waals surface area contributed by atoms with E-state index in [1.54, 1.807) is 0 Å². The Hall–Kier alpha value is -2.74. The molecular formula is C19H22N6OS. The average Bonchev–Trinajstić information content (AvgIpc) is 3.11. The van der Waals surface area contributed by atoms with Gasteiger partial charge in [-0.2, -0.15) is 0 Å². The summed E-state index contributed by atoms with van der Waals surface area (Å²) < 4.78 is 1.05. The highest BCUT2D eigenvalue weighted by atomic mass is 32.1. The van der Waals surface area contributed by atoms with E-state index in [0.717, 1.165) is 40.8 Å². The fraction of sp³-hybridized carbons (Fsp3) is 0.368. The minimum Gasteiger partial charge on any atom is -0.363 e. The minimum atomic E-state index is 0.0173. The lowest BCUT2D eigenvalue weighted by molar-refractivity contribution is 0.0746. The van der Waals surface area contributed by atoms with Crippen molar-refractivity contribution in [3.8, 4) is 0 Å². The zero-order valence-corrected chi connectivity index (χ0v) is 16.5. The summed E-state index contributed by atoms with van der Waals surface area (Å²) in [5, 5.41) is 0.567. The predicted molar refractivity (Wildman–Crippen MR) is 109 cm³/mol. The molecule has 7 nitrogen and oxygen atoms in total. The zero-order chi connectivity index (χ0) is 19.0. The Labute approximate surface area is 162 Å². The molecule has 0 aliphatic carbocycles. The molecule has 0 radical (unpaired) electrons. The molecule has 1 amide bonds. The number of anilines is 2.